The molecule has 0 radical (unpaired) electrons. The lowest BCUT2D eigenvalue weighted by atomic mass is 10.0. The summed E-state index contributed by atoms with van der Waals surface area (Å²) in [5.74, 6) is 0. The Balaban J connectivity index is 3.79. The number of rotatable bonds is 0. The van der Waals surface area contributed by atoms with Gasteiger partial charge in [0.05, 0.1) is 0 Å². The first-order chi connectivity index (χ1) is 2.94. The third-order valence-corrected chi connectivity index (χ3v) is 2.22. The molecule has 0 fully saturated rings. The van der Waals surface area contributed by atoms with Crippen molar-refractivity contribution in [2.75, 3.05) is 0 Å². The standard InChI is InChI=1S/C5H11PS/c1-5(2,3)4(6)7/h6H2,1-3H3. The quantitative estimate of drug-likeness (QED) is 0.361. The first-order valence-corrected chi connectivity index (χ1v) is 3.23. The molecule has 0 spiro atoms. The SMILES string of the molecule is CC(C)(C)C(P)=S. The molecule has 2 heteroatoms. The molecular formula is C5H11PS. The second kappa shape index (κ2) is 2.19. The Morgan fingerprint density at radius 3 is 1.57 bits per heavy atom. The highest BCUT2D eigenvalue weighted by molar-refractivity contribution is 7.89. The van der Waals surface area contributed by atoms with Crippen molar-refractivity contribution in [3.63, 3.8) is 0 Å². The van der Waals surface area contributed by atoms with Gasteiger partial charge in [-0.2, -0.15) is 0 Å². The molecule has 0 nitrogen and oxygen atoms in total. The van der Waals surface area contributed by atoms with Crippen molar-refractivity contribution < 1.29 is 0 Å². The lowest BCUT2D eigenvalue weighted by Crippen LogP contribution is -2.10. The van der Waals surface area contributed by atoms with Crippen molar-refractivity contribution in [2.24, 2.45) is 5.41 Å². The van der Waals surface area contributed by atoms with Crippen LogP contribution < -0.4 is 0 Å². The van der Waals surface area contributed by atoms with Gasteiger partial charge in [0.15, 0.2) is 0 Å². The topological polar surface area (TPSA) is 0 Å². The summed E-state index contributed by atoms with van der Waals surface area (Å²) < 4.78 is 0.993. The molecule has 42 valence electrons. The monoisotopic (exact) mass is 134 g/mol. The summed E-state index contributed by atoms with van der Waals surface area (Å²) in [6, 6.07) is 0. The minimum atomic E-state index is 0.194. The summed E-state index contributed by atoms with van der Waals surface area (Å²) in [4.78, 5) is 0. The van der Waals surface area contributed by atoms with Crippen LogP contribution >= 0.6 is 21.5 Å². The molecule has 0 saturated heterocycles. The van der Waals surface area contributed by atoms with Crippen molar-refractivity contribution in [3.8, 4) is 0 Å². The third-order valence-electron chi connectivity index (χ3n) is 0.739. The predicted octanol–water partition coefficient (Wildman–Crippen LogP) is 2.24. The fourth-order valence-electron chi connectivity index (χ4n) is 0. The van der Waals surface area contributed by atoms with E-state index in [0.29, 0.717) is 0 Å². The van der Waals surface area contributed by atoms with Crippen molar-refractivity contribution in [1.29, 1.82) is 0 Å². The van der Waals surface area contributed by atoms with E-state index in [1.54, 1.807) is 0 Å². The molecule has 0 aliphatic heterocycles. The highest BCUT2D eigenvalue weighted by Crippen LogP contribution is 2.19. The second-order valence-electron chi connectivity index (χ2n) is 2.61. The van der Waals surface area contributed by atoms with E-state index >= 15 is 0 Å². The normalized spacial score (nSPS) is 11.4. The molecule has 0 aromatic carbocycles. The van der Waals surface area contributed by atoms with Gasteiger partial charge in [0.1, 0.15) is 0 Å². The molecule has 0 amide bonds. The number of thiocarbonyl (C=S) groups is 1. The van der Waals surface area contributed by atoms with Crippen LogP contribution in [0.3, 0.4) is 0 Å². The van der Waals surface area contributed by atoms with Crippen LogP contribution in [-0.2, 0) is 0 Å². The van der Waals surface area contributed by atoms with Gasteiger partial charge in [-0.3, -0.25) is 0 Å². The minimum absolute atomic E-state index is 0.194. The van der Waals surface area contributed by atoms with Gasteiger partial charge in [-0.25, -0.2) is 0 Å². The Labute approximate surface area is 52.9 Å². The van der Waals surface area contributed by atoms with Crippen LogP contribution in [0.1, 0.15) is 20.8 Å². The molecular weight excluding hydrogens is 123 g/mol. The average molecular weight is 134 g/mol. The summed E-state index contributed by atoms with van der Waals surface area (Å²) in [5, 5.41) is 0. The Kier molecular flexibility index (Phi) is 2.35. The highest BCUT2D eigenvalue weighted by atomic mass is 32.1. The van der Waals surface area contributed by atoms with Gasteiger partial charge in [0, 0.05) is 4.61 Å². The van der Waals surface area contributed by atoms with Gasteiger partial charge < -0.3 is 0 Å². The predicted molar refractivity (Wildman–Crippen MR) is 41.8 cm³/mol. The van der Waals surface area contributed by atoms with Crippen LogP contribution in [-0.4, -0.2) is 4.61 Å². The number of hydrogen-bond donors (Lipinski definition) is 0. The summed E-state index contributed by atoms with van der Waals surface area (Å²) >= 11 is 4.90. The maximum Gasteiger partial charge on any atom is 0.0154 e. The summed E-state index contributed by atoms with van der Waals surface area (Å²) in [6.07, 6.45) is 0. The Bertz CT molecular complexity index is 80.6. The lowest BCUT2D eigenvalue weighted by molar-refractivity contribution is 0.610. The summed E-state index contributed by atoms with van der Waals surface area (Å²) in [7, 11) is 2.53. The van der Waals surface area contributed by atoms with Crippen molar-refractivity contribution in [3.05, 3.63) is 0 Å². The van der Waals surface area contributed by atoms with E-state index in [1.165, 1.54) is 0 Å². The van der Waals surface area contributed by atoms with Gasteiger partial charge in [0.25, 0.3) is 0 Å². The molecule has 1 unspecified atom stereocenters. The van der Waals surface area contributed by atoms with Crippen molar-refractivity contribution in [1.82, 2.24) is 0 Å². The Morgan fingerprint density at radius 2 is 1.57 bits per heavy atom. The largest absolute Gasteiger partial charge is 0.0976 e. The zero-order valence-electron chi connectivity index (χ0n) is 4.99. The summed E-state index contributed by atoms with van der Waals surface area (Å²) in [5.41, 5.74) is 0.194. The molecule has 7 heavy (non-hydrogen) atoms. The van der Waals surface area contributed by atoms with Crippen LogP contribution in [0.5, 0.6) is 0 Å². The van der Waals surface area contributed by atoms with Crippen LogP contribution in [0.25, 0.3) is 0 Å². The minimum Gasteiger partial charge on any atom is -0.0976 e. The molecule has 0 rings (SSSR count). The van der Waals surface area contributed by atoms with Crippen molar-refractivity contribution in [2.45, 2.75) is 20.8 Å². The second-order valence-corrected chi connectivity index (χ2v) is 4.05. The van der Waals surface area contributed by atoms with E-state index in [-0.39, 0.29) is 5.41 Å². The van der Waals surface area contributed by atoms with Gasteiger partial charge in [-0.15, -0.1) is 0 Å². The lowest BCUT2D eigenvalue weighted by Gasteiger charge is -2.14. The molecule has 0 heterocycles. The molecule has 1 atom stereocenters. The van der Waals surface area contributed by atoms with Crippen LogP contribution in [0.2, 0.25) is 0 Å². The zero-order valence-corrected chi connectivity index (χ0v) is 6.96. The fraction of sp³-hybridized carbons (Fsp3) is 0.800. The highest BCUT2D eigenvalue weighted by Gasteiger charge is 2.10. The molecule has 0 N–H and O–H groups in total. The van der Waals surface area contributed by atoms with Gasteiger partial charge in [-0.05, 0) is 5.41 Å². The fourth-order valence-corrected chi connectivity index (χ4v) is 0. The molecule has 0 aliphatic carbocycles. The van der Waals surface area contributed by atoms with E-state index in [9.17, 15) is 0 Å². The van der Waals surface area contributed by atoms with Crippen molar-refractivity contribution >= 4 is 26.1 Å². The van der Waals surface area contributed by atoms with E-state index < -0.39 is 0 Å². The van der Waals surface area contributed by atoms with Gasteiger partial charge >= 0.3 is 0 Å². The van der Waals surface area contributed by atoms with Crippen LogP contribution in [0.4, 0.5) is 0 Å². The summed E-state index contributed by atoms with van der Waals surface area (Å²) in [6.45, 7) is 6.30. The molecule has 0 bridgehead atoms. The maximum atomic E-state index is 4.90. The first-order valence-electron chi connectivity index (χ1n) is 2.24. The zero-order chi connectivity index (χ0) is 6.08. The van der Waals surface area contributed by atoms with Crippen LogP contribution in [0.15, 0.2) is 0 Å². The van der Waals surface area contributed by atoms with E-state index in [1.807, 2.05) is 0 Å². The average Bonchev–Trinajstić information content (AvgIpc) is 1.31. The molecule has 0 aromatic heterocycles. The first kappa shape index (κ1) is 7.52. The van der Waals surface area contributed by atoms with E-state index in [2.05, 4.69) is 30.0 Å². The smallest absolute Gasteiger partial charge is 0.0154 e. The molecule has 0 aromatic rings. The van der Waals surface area contributed by atoms with Gasteiger partial charge in [-0.1, -0.05) is 42.2 Å². The van der Waals surface area contributed by atoms with E-state index in [0.717, 1.165) is 4.61 Å². The van der Waals surface area contributed by atoms with Crippen LogP contribution in [0, 0.1) is 5.41 Å². The Hall–Kier alpha value is 0.520. The van der Waals surface area contributed by atoms with E-state index in [4.69, 9.17) is 12.2 Å². The molecule has 0 saturated carbocycles. The third kappa shape index (κ3) is 3.13. The van der Waals surface area contributed by atoms with Gasteiger partial charge in [0.2, 0.25) is 0 Å². The Morgan fingerprint density at radius 1 is 1.43 bits per heavy atom. The molecule has 0 aliphatic rings. The maximum absolute atomic E-state index is 4.90. The number of hydrogen-bond acceptors (Lipinski definition) is 1.